The van der Waals surface area contributed by atoms with Gasteiger partial charge in [0.05, 0.1) is 28.0 Å². The lowest BCUT2D eigenvalue weighted by molar-refractivity contribution is 0.231. The van der Waals surface area contributed by atoms with Gasteiger partial charge in [0.1, 0.15) is 5.69 Å². The van der Waals surface area contributed by atoms with E-state index in [1.54, 1.807) is 6.07 Å². The Balaban J connectivity index is 1.39. The molecule has 2 aromatic carbocycles. The van der Waals surface area contributed by atoms with Gasteiger partial charge in [-0.15, -0.1) is 0 Å². The highest BCUT2D eigenvalue weighted by Gasteiger charge is 2.40. The Labute approximate surface area is 203 Å². The van der Waals surface area contributed by atoms with Crippen LogP contribution in [-0.4, -0.2) is 28.2 Å². The predicted octanol–water partition coefficient (Wildman–Crippen LogP) is 6.29. The highest BCUT2D eigenvalue weighted by atomic mass is 35.5. The van der Waals surface area contributed by atoms with E-state index in [4.69, 9.17) is 44.8 Å². The van der Waals surface area contributed by atoms with Crippen molar-refractivity contribution in [2.75, 3.05) is 18.0 Å². The number of halogens is 3. The number of benzene rings is 2. The van der Waals surface area contributed by atoms with Gasteiger partial charge in [0, 0.05) is 23.7 Å². The maximum absolute atomic E-state index is 10.1. The molecule has 1 saturated heterocycles. The van der Waals surface area contributed by atoms with Crippen LogP contribution in [0.2, 0.25) is 15.1 Å². The number of hydrogen-bond acceptors (Lipinski definition) is 4. The number of aliphatic hydroxyl groups excluding tert-OH is 1. The van der Waals surface area contributed by atoms with Crippen molar-refractivity contribution in [2.24, 2.45) is 5.41 Å². The van der Waals surface area contributed by atoms with Crippen molar-refractivity contribution in [3.05, 3.63) is 74.0 Å². The smallest absolute Gasteiger partial charge is 0.153 e. The minimum absolute atomic E-state index is 0.181. The molecule has 2 aliphatic rings. The van der Waals surface area contributed by atoms with Gasteiger partial charge in [0.25, 0.3) is 0 Å². The summed E-state index contributed by atoms with van der Waals surface area (Å²) < 4.78 is 0. The van der Waals surface area contributed by atoms with Crippen LogP contribution in [-0.2, 0) is 19.4 Å². The average molecular weight is 489 g/mol. The molecule has 32 heavy (non-hydrogen) atoms. The second-order valence-electron chi connectivity index (χ2n) is 8.94. The van der Waals surface area contributed by atoms with E-state index in [1.807, 2.05) is 25.1 Å². The number of nitrogens with zero attached hydrogens (tertiary/aromatic N) is 3. The topological polar surface area (TPSA) is 49.2 Å². The number of fused-ring (bicyclic) bond motifs is 1. The molecule has 0 atom stereocenters. The molecule has 1 aromatic heterocycles. The van der Waals surface area contributed by atoms with E-state index in [9.17, 15) is 5.11 Å². The number of anilines is 1. The number of piperidine rings is 1. The van der Waals surface area contributed by atoms with Crippen LogP contribution in [0.1, 0.15) is 35.4 Å². The van der Waals surface area contributed by atoms with Crippen molar-refractivity contribution in [3.8, 4) is 11.3 Å². The van der Waals surface area contributed by atoms with Gasteiger partial charge in [-0.2, -0.15) is 0 Å². The molecular formula is C25H24Cl3N3O. The molecule has 2 heterocycles. The number of aromatic nitrogens is 2. The molecule has 0 bridgehead atoms. The van der Waals surface area contributed by atoms with Crippen molar-refractivity contribution < 1.29 is 5.11 Å². The molecule has 166 valence electrons. The lowest BCUT2D eigenvalue weighted by Gasteiger charge is -2.40. The SMILES string of the molecule is Cc1nc(N2CCC3(CC2)Cc2ccc(Cl)cc2C3)c(CO)nc1-c1cccc(Cl)c1Cl. The largest absolute Gasteiger partial charge is 0.390 e. The molecule has 0 unspecified atom stereocenters. The van der Waals surface area contributed by atoms with Crippen LogP contribution in [0, 0.1) is 12.3 Å². The van der Waals surface area contributed by atoms with Crippen LogP contribution in [0.4, 0.5) is 5.82 Å². The fourth-order valence-electron chi connectivity index (χ4n) is 5.19. The van der Waals surface area contributed by atoms with E-state index in [-0.39, 0.29) is 6.61 Å². The Morgan fingerprint density at radius 2 is 1.75 bits per heavy atom. The van der Waals surface area contributed by atoms with Crippen LogP contribution in [0.5, 0.6) is 0 Å². The first kappa shape index (κ1) is 22.0. The zero-order valence-electron chi connectivity index (χ0n) is 17.8. The maximum atomic E-state index is 10.1. The minimum Gasteiger partial charge on any atom is -0.390 e. The standard InChI is InChI=1S/C25H24Cl3N3O/c1-15-23(19-3-2-4-20(27)22(19)28)30-21(14-32)24(29-15)31-9-7-25(8-10-31)12-16-5-6-18(26)11-17(16)13-25/h2-6,11,32H,7-10,12-14H2,1H3. The quantitative estimate of drug-likeness (QED) is 0.471. The highest BCUT2D eigenvalue weighted by molar-refractivity contribution is 6.43. The zero-order chi connectivity index (χ0) is 22.5. The van der Waals surface area contributed by atoms with Gasteiger partial charge in [-0.1, -0.05) is 53.0 Å². The maximum Gasteiger partial charge on any atom is 0.153 e. The minimum atomic E-state index is -0.181. The summed E-state index contributed by atoms with van der Waals surface area (Å²) in [6, 6.07) is 11.8. The summed E-state index contributed by atoms with van der Waals surface area (Å²) in [5.74, 6) is 0.764. The van der Waals surface area contributed by atoms with Gasteiger partial charge >= 0.3 is 0 Å². The summed E-state index contributed by atoms with van der Waals surface area (Å²) in [7, 11) is 0. The average Bonchev–Trinajstić information content (AvgIpc) is 3.13. The molecule has 4 nitrogen and oxygen atoms in total. The molecule has 1 aliphatic carbocycles. The summed E-state index contributed by atoms with van der Waals surface area (Å²) in [5.41, 5.74) is 5.83. The normalized spacial score (nSPS) is 17.1. The third kappa shape index (κ3) is 3.88. The third-order valence-corrected chi connectivity index (χ3v) is 7.95. The predicted molar refractivity (Wildman–Crippen MR) is 131 cm³/mol. The van der Waals surface area contributed by atoms with Gasteiger partial charge < -0.3 is 10.0 Å². The van der Waals surface area contributed by atoms with Crippen LogP contribution < -0.4 is 4.90 Å². The second-order valence-corrected chi connectivity index (χ2v) is 10.2. The third-order valence-electron chi connectivity index (χ3n) is 6.90. The Morgan fingerprint density at radius 1 is 1.00 bits per heavy atom. The fourth-order valence-corrected chi connectivity index (χ4v) is 5.78. The molecule has 5 rings (SSSR count). The number of rotatable bonds is 3. The van der Waals surface area contributed by atoms with Crippen molar-refractivity contribution in [1.29, 1.82) is 0 Å². The molecule has 0 amide bonds. The van der Waals surface area contributed by atoms with Crippen molar-refractivity contribution in [2.45, 2.75) is 39.2 Å². The van der Waals surface area contributed by atoms with E-state index < -0.39 is 0 Å². The van der Waals surface area contributed by atoms with Crippen molar-refractivity contribution in [1.82, 2.24) is 9.97 Å². The Morgan fingerprint density at radius 3 is 2.50 bits per heavy atom. The van der Waals surface area contributed by atoms with E-state index in [1.165, 1.54) is 11.1 Å². The van der Waals surface area contributed by atoms with Gasteiger partial charge in [-0.3, -0.25) is 0 Å². The van der Waals surface area contributed by atoms with Crippen molar-refractivity contribution in [3.63, 3.8) is 0 Å². The molecule has 7 heteroatoms. The summed E-state index contributed by atoms with van der Waals surface area (Å²) >= 11 is 18.8. The lowest BCUT2D eigenvalue weighted by Crippen LogP contribution is -2.41. The Kier molecular flexibility index (Phi) is 5.83. The lowest BCUT2D eigenvalue weighted by atomic mass is 9.76. The molecule has 3 aromatic rings. The monoisotopic (exact) mass is 487 g/mol. The van der Waals surface area contributed by atoms with Crippen LogP contribution in [0.15, 0.2) is 36.4 Å². The fraction of sp³-hybridized carbons (Fsp3) is 0.360. The van der Waals surface area contributed by atoms with Gasteiger partial charge in [0.15, 0.2) is 5.82 Å². The first-order valence-electron chi connectivity index (χ1n) is 10.8. The first-order chi connectivity index (χ1) is 15.4. The van der Waals surface area contributed by atoms with Gasteiger partial charge in [-0.05, 0) is 67.3 Å². The molecule has 0 saturated carbocycles. The Bertz CT molecular complexity index is 1190. The molecule has 0 radical (unpaired) electrons. The summed E-state index contributed by atoms with van der Waals surface area (Å²) in [6.07, 6.45) is 4.34. The van der Waals surface area contributed by atoms with Crippen molar-refractivity contribution >= 4 is 40.6 Å². The second kappa shape index (κ2) is 8.49. The van der Waals surface area contributed by atoms with Gasteiger partial charge in [0.2, 0.25) is 0 Å². The van der Waals surface area contributed by atoms with Crippen LogP contribution in [0.25, 0.3) is 11.3 Å². The van der Waals surface area contributed by atoms with Crippen LogP contribution >= 0.6 is 34.8 Å². The van der Waals surface area contributed by atoms with Gasteiger partial charge in [-0.25, -0.2) is 9.97 Å². The number of aryl methyl sites for hydroxylation is 1. The summed E-state index contributed by atoms with van der Waals surface area (Å²) in [5, 5.41) is 11.8. The molecule has 1 fully saturated rings. The summed E-state index contributed by atoms with van der Waals surface area (Å²) in [4.78, 5) is 11.9. The van der Waals surface area contributed by atoms with E-state index in [0.29, 0.717) is 26.8 Å². The molecule has 1 N–H and O–H groups in total. The zero-order valence-corrected chi connectivity index (χ0v) is 20.1. The van der Waals surface area contributed by atoms with E-state index >= 15 is 0 Å². The summed E-state index contributed by atoms with van der Waals surface area (Å²) in [6.45, 7) is 3.52. The number of hydrogen-bond donors (Lipinski definition) is 1. The highest BCUT2D eigenvalue weighted by Crippen LogP contribution is 2.46. The molecule has 1 spiro atoms. The van der Waals surface area contributed by atoms with Crippen LogP contribution in [0.3, 0.4) is 0 Å². The number of aliphatic hydroxyl groups is 1. The van der Waals surface area contributed by atoms with E-state index in [2.05, 4.69) is 17.0 Å². The first-order valence-corrected chi connectivity index (χ1v) is 12.0. The molecule has 1 aliphatic heterocycles. The van der Waals surface area contributed by atoms with E-state index in [0.717, 1.165) is 60.9 Å². The Hall–Kier alpha value is -1.85. The molecular weight excluding hydrogens is 465 g/mol.